The van der Waals surface area contributed by atoms with Crippen molar-refractivity contribution in [2.45, 2.75) is 32.9 Å². The van der Waals surface area contributed by atoms with Crippen LogP contribution in [0.5, 0.6) is 5.75 Å². The lowest BCUT2D eigenvalue weighted by molar-refractivity contribution is -0.144. The molecule has 0 heterocycles. The first-order valence-electron chi connectivity index (χ1n) is 6.26. The monoisotopic (exact) mass is 283 g/mol. The van der Waals surface area contributed by atoms with E-state index < -0.39 is 29.8 Å². The lowest BCUT2D eigenvalue weighted by Crippen LogP contribution is -2.48. The molecule has 5 nitrogen and oxygen atoms in total. The van der Waals surface area contributed by atoms with Gasteiger partial charge in [0.15, 0.2) is 6.10 Å². The molecule has 20 heavy (non-hydrogen) atoms. The van der Waals surface area contributed by atoms with E-state index in [2.05, 4.69) is 5.32 Å². The van der Waals surface area contributed by atoms with E-state index in [4.69, 9.17) is 9.84 Å². The molecule has 0 aliphatic carbocycles. The SMILES string of the molecule is CC(Oc1cccc(F)c1)C(=O)N[C@H](C(=O)O)C(C)C. The van der Waals surface area contributed by atoms with Crippen LogP contribution in [0, 0.1) is 11.7 Å². The number of aliphatic carboxylic acids is 1. The van der Waals surface area contributed by atoms with Gasteiger partial charge in [0.05, 0.1) is 0 Å². The Morgan fingerprint density at radius 3 is 2.45 bits per heavy atom. The number of benzene rings is 1. The number of ether oxygens (including phenoxy) is 1. The van der Waals surface area contributed by atoms with Crippen LogP contribution in [0.4, 0.5) is 4.39 Å². The maximum Gasteiger partial charge on any atom is 0.326 e. The number of hydrogen-bond donors (Lipinski definition) is 2. The molecule has 0 saturated heterocycles. The number of carboxylic acids is 1. The first-order valence-corrected chi connectivity index (χ1v) is 6.26. The maximum atomic E-state index is 13.0. The number of halogens is 1. The Morgan fingerprint density at radius 1 is 1.30 bits per heavy atom. The second kappa shape index (κ2) is 6.88. The topological polar surface area (TPSA) is 75.6 Å². The van der Waals surface area contributed by atoms with E-state index in [1.807, 2.05) is 0 Å². The molecule has 0 aliphatic heterocycles. The van der Waals surface area contributed by atoms with Crippen molar-refractivity contribution in [3.63, 3.8) is 0 Å². The van der Waals surface area contributed by atoms with Gasteiger partial charge in [-0.15, -0.1) is 0 Å². The summed E-state index contributed by atoms with van der Waals surface area (Å²) in [5, 5.41) is 11.4. The average molecular weight is 283 g/mol. The van der Waals surface area contributed by atoms with Crippen molar-refractivity contribution < 1.29 is 23.8 Å². The largest absolute Gasteiger partial charge is 0.481 e. The summed E-state index contributed by atoms with van der Waals surface area (Å²) in [5.41, 5.74) is 0. The van der Waals surface area contributed by atoms with E-state index >= 15 is 0 Å². The molecule has 0 radical (unpaired) electrons. The Kier molecular flexibility index (Phi) is 5.49. The number of hydrogen-bond acceptors (Lipinski definition) is 3. The molecule has 6 heteroatoms. The molecule has 0 fully saturated rings. The lowest BCUT2D eigenvalue weighted by atomic mass is 10.0. The fraction of sp³-hybridized carbons (Fsp3) is 0.429. The molecule has 1 amide bonds. The predicted octanol–water partition coefficient (Wildman–Crippen LogP) is 1.82. The van der Waals surface area contributed by atoms with Crippen LogP contribution in [0.3, 0.4) is 0 Å². The number of carboxylic acid groups (broad SMARTS) is 1. The molecule has 1 aromatic rings. The molecule has 1 unspecified atom stereocenters. The summed E-state index contributed by atoms with van der Waals surface area (Å²) >= 11 is 0. The predicted molar refractivity (Wildman–Crippen MR) is 70.9 cm³/mol. The number of amides is 1. The molecule has 0 aliphatic rings. The zero-order valence-electron chi connectivity index (χ0n) is 11.6. The molecule has 0 bridgehead atoms. The molecular weight excluding hydrogens is 265 g/mol. The molecule has 110 valence electrons. The van der Waals surface area contributed by atoms with Crippen molar-refractivity contribution in [1.82, 2.24) is 5.32 Å². The van der Waals surface area contributed by atoms with Crippen LogP contribution in [0.1, 0.15) is 20.8 Å². The van der Waals surface area contributed by atoms with E-state index in [0.29, 0.717) is 0 Å². The van der Waals surface area contributed by atoms with Gasteiger partial charge in [-0.05, 0) is 25.0 Å². The highest BCUT2D eigenvalue weighted by Gasteiger charge is 2.26. The Labute approximate surface area is 116 Å². The molecule has 1 aromatic carbocycles. The van der Waals surface area contributed by atoms with Crippen LogP contribution in [0.25, 0.3) is 0 Å². The molecule has 2 N–H and O–H groups in total. The van der Waals surface area contributed by atoms with Gasteiger partial charge in [-0.25, -0.2) is 9.18 Å². The highest BCUT2D eigenvalue weighted by Crippen LogP contribution is 2.14. The Balaban J connectivity index is 2.65. The van der Waals surface area contributed by atoms with Gasteiger partial charge in [0.2, 0.25) is 0 Å². The van der Waals surface area contributed by atoms with Crippen molar-refractivity contribution in [2.24, 2.45) is 5.92 Å². The summed E-state index contributed by atoms with van der Waals surface area (Å²) in [6.45, 7) is 4.85. The first kappa shape index (κ1) is 15.9. The summed E-state index contributed by atoms with van der Waals surface area (Å²) in [5.74, 6) is -2.18. The van der Waals surface area contributed by atoms with Crippen molar-refractivity contribution in [3.8, 4) is 5.75 Å². The van der Waals surface area contributed by atoms with Crippen molar-refractivity contribution in [1.29, 1.82) is 0 Å². The summed E-state index contributed by atoms with van der Waals surface area (Å²) in [6.07, 6.45) is -0.919. The number of nitrogens with one attached hydrogen (secondary N) is 1. The quantitative estimate of drug-likeness (QED) is 0.835. The van der Waals surface area contributed by atoms with E-state index in [-0.39, 0.29) is 11.7 Å². The second-order valence-corrected chi connectivity index (χ2v) is 4.79. The lowest BCUT2D eigenvalue weighted by Gasteiger charge is -2.21. The summed E-state index contributed by atoms with van der Waals surface area (Å²) < 4.78 is 18.3. The molecule has 1 rings (SSSR count). The van der Waals surface area contributed by atoms with Gasteiger partial charge in [0, 0.05) is 6.07 Å². The van der Waals surface area contributed by atoms with E-state index in [9.17, 15) is 14.0 Å². The Morgan fingerprint density at radius 2 is 1.95 bits per heavy atom. The van der Waals surface area contributed by atoms with Gasteiger partial charge in [-0.1, -0.05) is 19.9 Å². The maximum absolute atomic E-state index is 13.0. The zero-order valence-corrected chi connectivity index (χ0v) is 11.6. The van der Waals surface area contributed by atoms with E-state index in [1.165, 1.54) is 25.1 Å². The molecule has 2 atom stereocenters. The summed E-state index contributed by atoms with van der Waals surface area (Å²) in [7, 11) is 0. The zero-order chi connectivity index (χ0) is 15.3. The normalized spacial score (nSPS) is 13.7. The van der Waals surface area contributed by atoms with Crippen LogP contribution in [-0.2, 0) is 9.59 Å². The van der Waals surface area contributed by atoms with Gasteiger partial charge in [-0.3, -0.25) is 4.79 Å². The standard InChI is InChI=1S/C14H18FNO4/c1-8(2)12(14(18)19)16-13(17)9(3)20-11-6-4-5-10(15)7-11/h4-9,12H,1-3H3,(H,16,17)(H,18,19)/t9?,12-/m0/s1. The third-order valence-electron chi connectivity index (χ3n) is 2.71. The molecule has 0 aromatic heterocycles. The smallest absolute Gasteiger partial charge is 0.326 e. The summed E-state index contributed by atoms with van der Waals surface area (Å²) in [6, 6.07) is 4.41. The number of carbonyl (C=O) groups is 2. The second-order valence-electron chi connectivity index (χ2n) is 4.79. The Hall–Kier alpha value is -2.11. The fourth-order valence-corrected chi connectivity index (χ4v) is 1.58. The van der Waals surface area contributed by atoms with Crippen LogP contribution < -0.4 is 10.1 Å². The molecule has 0 spiro atoms. The summed E-state index contributed by atoms with van der Waals surface area (Å²) in [4.78, 5) is 22.9. The third kappa shape index (κ3) is 4.53. The van der Waals surface area contributed by atoms with E-state index in [1.54, 1.807) is 13.8 Å². The molecule has 0 saturated carbocycles. The number of carbonyl (C=O) groups excluding carboxylic acids is 1. The highest BCUT2D eigenvalue weighted by molar-refractivity contribution is 5.86. The first-order chi connectivity index (χ1) is 9.31. The molecular formula is C14H18FNO4. The van der Waals surface area contributed by atoms with Gasteiger partial charge in [-0.2, -0.15) is 0 Å². The highest BCUT2D eigenvalue weighted by atomic mass is 19.1. The van der Waals surface area contributed by atoms with Crippen molar-refractivity contribution in [3.05, 3.63) is 30.1 Å². The van der Waals surface area contributed by atoms with Crippen LogP contribution in [-0.4, -0.2) is 29.1 Å². The number of rotatable bonds is 6. The minimum atomic E-state index is -1.11. The fourth-order valence-electron chi connectivity index (χ4n) is 1.58. The minimum Gasteiger partial charge on any atom is -0.481 e. The van der Waals surface area contributed by atoms with Crippen molar-refractivity contribution in [2.75, 3.05) is 0 Å². The van der Waals surface area contributed by atoms with Crippen LogP contribution in [0.15, 0.2) is 24.3 Å². The Bertz CT molecular complexity index is 490. The average Bonchev–Trinajstić information content (AvgIpc) is 2.34. The third-order valence-corrected chi connectivity index (χ3v) is 2.71. The van der Waals surface area contributed by atoms with Gasteiger partial charge in [0.25, 0.3) is 5.91 Å². The van der Waals surface area contributed by atoms with Gasteiger partial charge >= 0.3 is 5.97 Å². The van der Waals surface area contributed by atoms with Crippen LogP contribution in [0.2, 0.25) is 0 Å². The van der Waals surface area contributed by atoms with E-state index in [0.717, 1.165) is 6.07 Å². The van der Waals surface area contributed by atoms with Crippen LogP contribution >= 0.6 is 0 Å². The minimum absolute atomic E-state index is 0.212. The van der Waals surface area contributed by atoms with Crippen molar-refractivity contribution >= 4 is 11.9 Å². The van der Waals surface area contributed by atoms with Gasteiger partial charge < -0.3 is 15.2 Å². The van der Waals surface area contributed by atoms with Gasteiger partial charge in [0.1, 0.15) is 17.6 Å².